The molecular formula is C13H18N2. The Kier molecular flexibility index (Phi) is 5.50. The summed E-state index contributed by atoms with van der Waals surface area (Å²) in [5.41, 5.74) is 1.28. The van der Waals surface area contributed by atoms with E-state index in [1.54, 1.807) is 6.20 Å². The number of hydrogen-bond donors (Lipinski definition) is 1. The van der Waals surface area contributed by atoms with Crippen molar-refractivity contribution in [2.75, 3.05) is 6.54 Å². The lowest BCUT2D eigenvalue weighted by Gasteiger charge is -2.14. The van der Waals surface area contributed by atoms with Gasteiger partial charge in [0, 0.05) is 24.9 Å². The maximum Gasteiger partial charge on any atom is 0.0299 e. The van der Waals surface area contributed by atoms with Crippen LogP contribution in [-0.4, -0.2) is 17.6 Å². The smallest absolute Gasteiger partial charge is 0.0299 e. The van der Waals surface area contributed by atoms with Gasteiger partial charge in [-0.25, -0.2) is 0 Å². The molecule has 0 saturated heterocycles. The normalized spacial score (nSPS) is 12.0. The minimum absolute atomic E-state index is 0.431. The summed E-state index contributed by atoms with van der Waals surface area (Å²) in [6.07, 6.45) is 11.9. The van der Waals surface area contributed by atoms with Crippen LogP contribution in [0.25, 0.3) is 0 Å². The molecule has 15 heavy (non-hydrogen) atoms. The highest BCUT2D eigenvalue weighted by molar-refractivity contribution is 5.08. The minimum Gasteiger partial charge on any atom is -0.313 e. The van der Waals surface area contributed by atoms with E-state index in [9.17, 15) is 0 Å². The quantitative estimate of drug-likeness (QED) is 0.714. The topological polar surface area (TPSA) is 24.9 Å². The van der Waals surface area contributed by atoms with Crippen LogP contribution in [-0.2, 0) is 6.42 Å². The largest absolute Gasteiger partial charge is 0.313 e. The summed E-state index contributed by atoms with van der Waals surface area (Å²) in [7, 11) is 0. The van der Waals surface area contributed by atoms with Crippen molar-refractivity contribution < 1.29 is 0 Å². The standard InChI is InChI=1S/C13H18N2/c1-3-6-13(15-4-2)9-8-12-7-5-10-14-11-12/h1,5,7,10-11,13,15H,4,6,8-9H2,2H3. The van der Waals surface area contributed by atoms with Gasteiger partial charge < -0.3 is 5.32 Å². The number of nitrogens with one attached hydrogen (secondary N) is 1. The second-order valence-electron chi connectivity index (χ2n) is 3.56. The molecule has 0 saturated carbocycles. The second kappa shape index (κ2) is 7.03. The molecule has 0 bridgehead atoms. The molecular weight excluding hydrogens is 184 g/mol. The van der Waals surface area contributed by atoms with Crippen molar-refractivity contribution in [1.29, 1.82) is 0 Å². The van der Waals surface area contributed by atoms with Gasteiger partial charge in [-0.15, -0.1) is 12.3 Å². The molecule has 1 rings (SSSR count). The van der Waals surface area contributed by atoms with Crippen LogP contribution in [0.3, 0.4) is 0 Å². The van der Waals surface area contributed by atoms with E-state index in [4.69, 9.17) is 6.42 Å². The highest BCUT2D eigenvalue weighted by Crippen LogP contribution is 2.05. The van der Waals surface area contributed by atoms with Crippen LogP contribution in [0.2, 0.25) is 0 Å². The number of rotatable bonds is 6. The molecule has 1 heterocycles. The SMILES string of the molecule is C#CCC(CCc1cccnc1)NCC. The highest BCUT2D eigenvalue weighted by atomic mass is 14.9. The zero-order valence-corrected chi connectivity index (χ0v) is 9.24. The molecule has 2 heteroatoms. The van der Waals surface area contributed by atoms with Gasteiger partial charge in [0.05, 0.1) is 0 Å². The van der Waals surface area contributed by atoms with Crippen molar-refractivity contribution in [2.24, 2.45) is 0 Å². The summed E-state index contributed by atoms with van der Waals surface area (Å²) in [5.74, 6) is 2.71. The molecule has 0 aliphatic heterocycles. The predicted octanol–water partition coefficient (Wildman–Crippen LogP) is 2.02. The highest BCUT2D eigenvalue weighted by Gasteiger charge is 2.05. The molecule has 1 atom stereocenters. The Bertz CT molecular complexity index is 300. The third-order valence-corrected chi connectivity index (χ3v) is 2.36. The number of aryl methyl sites for hydroxylation is 1. The third-order valence-electron chi connectivity index (χ3n) is 2.36. The summed E-state index contributed by atoms with van der Waals surface area (Å²) in [6, 6.07) is 4.50. The van der Waals surface area contributed by atoms with Crippen molar-refractivity contribution in [3.05, 3.63) is 30.1 Å². The van der Waals surface area contributed by atoms with Gasteiger partial charge in [0.15, 0.2) is 0 Å². The van der Waals surface area contributed by atoms with Crippen LogP contribution < -0.4 is 5.32 Å². The van der Waals surface area contributed by atoms with Crippen LogP contribution in [0, 0.1) is 12.3 Å². The van der Waals surface area contributed by atoms with Crippen LogP contribution in [0.5, 0.6) is 0 Å². The van der Waals surface area contributed by atoms with E-state index in [1.165, 1.54) is 5.56 Å². The molecule has 0 amide bonds. The summed E-state index contributed by atoms with van der Waals surface area (Å²) < 4.78 is 0. The van der Waals surface area contributed by atoms with E-state index in [1.807, 2.05) is 12.3 Å². The van der Waals surface area contributed by atoms with Gasteiger partial charge >= 0.3 is 0 Å². The zero-order valence-electron chi connectivity index (χ0n) is 9.24. The van der Waals surface area contributed by atoms with E-state index >= 15 is 0 Å². The summed E-state index contributed by atoms with van der Waals surface area (Å²) in [5, 5.41) is 3.39. The van der Waals surface area contributed by atoms with Crippen LogP contribution >= 0.6 is 0 Å². The van der Waals surface area contributed by atoms with Gasteiger partial charge in [-0.1, -0.05) is 13.0 Å². The van der Waals surface area contributed by atoms with Gasteiger partial charge in [0.25, 0.3) is 0 Å². The van der Waals surface area contributed by atoms with Crippen molar-refractivity contribution in [1.82, 2.24) is 10.3 Å². The van der Waals surface area contributed by atoms with Crippen molar-refractivity contribution >= 4 is 0 Å². The molecule has 0 aliphatic rings. The lowest BCUT2D eigenvalue weighted by atomic mass is 10.0. The average Bonchev–Trinajstić information content (AvgIpc) is 2.28. The Morgan fingerprint density at radius 2 is 2.47 bits per heavy atom. The van der Waals surface area contributed by atoms with E-state index in [0.29, 0.717) is 6.04 Å². The summed E-state index contributed by atoms with van der Waals surface area (Å²) >= 11 is 0. The maximum absolute atomic E-state index is 5.33. The van der Waals surface area contributed by atoms with Crippen molar-refractivity contribution in [2.45, 2.75) is 32.2 Å². The molecule has 80 valence electrons. The predicted molar refractivity (Wildman–Crippen MR) is 63.5 cm³/mol. The first-order valence-corrected chi connectivity index (χ1v) is 5.42. The number of nitrogens with zero attached hydrogens (tertiary/aromatic N) is 1. The molecule has 0 spiro atoms. The minimum atomic E-state index is 0.431. The Hall–Kier alpha value is -1.33. The van der Waals surface area contributed by atoms with Crippen molar-refractivity contribution in [3.8, 4) is 12.3 Å². The van der Waals surface area contributed by atoms with Gasteiger partial charge in [-0.2, -0.15) is 0 Å². The second-order valence-corrected chi connectivity index (χ2v) is 3.56. The Morgan fingerprint density at radius 1 is 1.60 bits per heavy atom. The number of terminal acetylenes is 1. The fourth-order valence-electron chi connectivity index (χ4n) is 1.59. The Labute approximate surface area is 92.1 Å². The lowest BCUT2D eigenvalue weighted by Crippen LogP contribution is -2.28. The Morgan fingerprint density at radius 3 is 3.07 bits per heavy atom. The van der Waals surface area contributed by atoms with E-state index in [2.05, 4.69) is 29.2 Å². The summed E-state index contributed by atoms with van der Waals surface area (Å²) in [6.45, 7) is 3.08. The van der Waals surface area contributed by atoms with E-state index in [0.717, 1.165) is 25.8 Å². The number of hydrogen-bond acceptors (Lipinski definition) is 2. The van der Waals surface area contributed by atoms with Crippen LogP contribution in [0.15, 0.2) is 24.5 Å². The van der Waals surface area contributed by atoms with Crippen LogP contribution in [0.4, 0.5) is 0 Å². The fourth-order valence-corrected chi connectivity index (χ4v) is 1.59. The number of pyridine rings is 1. The zero-order chi connectivity index (χ0) is 10.9. The molecule has 0 aliphatic carbocycles. The fraction of sp³-hybridized carbons (Fsp3) is 0.462. The third kappa shape index (κ3) is 4.62. The van der Waals surface area contributed by atoms with Crippen molar-refractivity contribution in [3.63, 3.8) is 0 Å². The van der Waals surface area contributed by atoms with Gasteiger partial charge in [0.1, 0.15) is 0 Å². The van der Waals surface area contributed by atoms with Gasteiger partial charge in [-0.3, -0.25) is 4.98 Å². The molecule has 0 fully saturated rings. The van der Waals surface area contributed by atoms with Crippen LogP contribution in [0.1, 0.15) is 25.3 Å². The molecule has 1 N–H and O–H groups in total. The first kappa shape index (κ1) is 11.7. The molecule has 0 aromatic carbocycles. The average molecular weight is 202 g/mol. The number of aromatic nitrogens is 1. The monoisotopic (exact) mass is 202 g/mol. The molecule has 1 unspecified atom stereocenters. The van der Waals surface area contributed by atoms with Gasteiger partial charge in [-0.05, 0) is 31.0 Å². The Balaban J connectivity index is 2.37. The molecule has 0 radical (unpaired) electrons. The lowest BCUT2D eigenvalue weighted by molar-refractivity contribution is 0.503. The first-order chi connectivity index (χ1) is 7.36. The molecule has 2 nitrogen and oxygen atoms in total. The first-order valence-electron chi connectivity index (χ1n) is 5.42. The maximum atomic E-state index is 5.33. The molecule has 1 aromatic rings. The van der Waals surface area contributed by atoms with E-state index < -0.39 is 0 Å². The molecule has 1 aromatic heterocycles. The van der Waals surface area contributed by atoms with Gasteiger partial charge in [0.2, 0.25) is 0 Å². The summed E-state index contributed by atoms with van der Waals surface area (Å²) in [4.78, 5) is 4.09. The van der Waals surface area contributed by atoms with E-state index in [-0.39, 0.29) is 0 Å².